The van der Waals surface area contributed by atoms with E-state index in [-0.39, 0.29) is 0 Å². The molecular formula is C18H19N3. The fraction of sp³-hybridized carbons (Fsp3) is 0.278. The SMILES string of the molecule is CN1CCN(c2ccccc2C#N)C(c2ccccc2)C1. The van der Waals surface area contributed by atoms with E-state index in [0.29, 0.717) is 6.04 Å². The first-order valence-electron chi connectivity index (χ1n) is 7.29. The quantitative estimate of drug-likeness (QED) is 0.845. The first-order valence-corrected chi connectivity index (χ1v) is 7.29. The summed E-state index contributed by atoms with van der Waals surface area (Å²) >= 11 is 0. The molecule has 1 atom stereocenters. The molecule has 0 bridgehead atoms. The van der Waals surface area contributed by atoms with Crippen LogP contribution in [0.2, 0.25) is 0 Å². The topological polar surface area (TPSA) is 30.3 Å². The van der Waals surface area contributed by atoms with Gasteiger partial charge in [-0.1, -0.05) is 42.5 Å². The summed E-state index contributed by atoms with van der Waals surface area (Å²) in [7, 11) is 2.16. The number of para-hydroxylation sites is 1. The minimum atomic E-state index is 0.291. The van der Waals surface area contributed by atoms with Crippen LogP contribution in [0.1, 0.15) is 17.2 Å². The van der Waals surface area contributed by atoms with E-state index in [9.17, 15) is 5.26 Å². The number of nitrogens with zero attached hydrogens (tertiary/aromatic N) is 3. The molecule has 0 N–H and O–H groups in total. The van der Waals surface area contributed by atoms with Crippen molar-refractivity contribution in [2.75, 3.05) is 31.6 Å². The molecule has 106 valence electrons. The molecule has 1 heterocycles. The molecule has 2 aromatic carbocycles. The molecule has 0 spiro atoms. The van der Waals surface area contributed by atoms with Gasteiger partial charge in [-0.15, -0.1) is 0 Å². The Bertz CT molecular complexity index is 645. The number of hydrogen-bond donors (Lipinski definition) is 0. The van der Waals surface area contributed by atoms with Crippen molar-refractivity contribution in [1.29, 1.82) is 5.26 Å². The molecule has 1 aliphatic heterocycles. The molecule has 0 amide bonds. The Morgan fingerprint density at radius 3 is 2.48 bits per heavy atom. The van der Waals surface area contributed by atoms with Gasteiger partial charge in [-0.3, -0.25) is 0 Å². The van der Waals surface area contributed by atoms with E-state index in [4.69, 9.17) is 0 Å². The summed E-state index contributed by atoms with van der Waals surface area (Å²) in [6, 6.07) is 21.1. The van der Waals surface area contributed by atoms with Crippen LogP contribution in [0.25, 0.3) is 0 Å². The first kappa shape index (κ1) is 13.7. The number of piperazine rings is 1. The summed E-state index contributed by atoms with van der Waals surface area (Å²) in [6.07, 6.45) is 0. The van der Waals surface area contributed by atoms with E-state index >= 15 is 0 Å². The van der Waals surface area contributed by atoms with Gasteiger partial charge in [0, 0.05) is 19.6 Å². The van der Waals surface area contributed by atoms with Crippen molar-refractivity contribution in [3.05, 3.63) is 65.7 Å². The van der Waals surface area contributed by atoms with Crippen molar-refractivity contribution in [3.63, 3.8) is 0 Å². The summed E-state index contributed by atoms with van der Waals surface area (Å²) in [5.41, 5.74) is 3.10. The summed E-state index contributed by atoms with van der Waals surface area (Å²) in [4.78, 5) is 4.72. The standard InChI is InChI=1S/C18H19N3/c1-20-11-12-21(17-10-6-5-9-16(17)13-19)18(14-20)15-7-3-2-4-8-15/h2-10,18H,11-12,14H2,1H3. The maximum atomic E-state index is 9.37. The van der Waals surface area contributed by atoms with E-state index in [1.54, 1.807) is 0 Å². The molecule has 1 fully saturated rings. The number of benzene rings is 2. The Hall–Kier alpha value is -2.31. The summed E-state index contributed by atoms with van der Waals surface area (Å²) in [6.45, 7) is 2.93. The highest BCUT2D eigenvalue weighted by Crippen LogP contribution is 2.32. The molecule has 1 unspecified atom stereocenters. The summed E-state index contributed by atoms with van der Waals surface area (Å²) < 4.78 is 0. The molecule has 1 aliphatic rings. The number of hydrogen-bond acceptors (Lipinski definition) is 3. The highest BCUT2D eigenvalue weighted by atomic mass is 15.3. The number of rotatable bonds is 2. The van der Waals surface area contributed by atoms with Gasteiger partial charge in [-0.25, -0.2) is 0 Å². The molecule has 3 nitrogen and oxygen atoms in total. The number of likely N-dealkylation sites (N-methyl/N-ethyl adjacent to an activating group) is 1. The normalized spacial score (nSPS) is 19.2. The van der Waals surface area contributed by atoms with Crippen LogP contribution in [0, 0.1) is 11.3 Å². The highest BCUT2D eigenvalue weighted by molar-refractivity contribution is 5.60. The third-order valence-electron chi connectivity index (χ3n) is 4.10. The van der Waals surface area contributed by atoms with Crippen molar-refractivity contribution in [2.24, 2.45) is 0 Å². The lowest BCUT2D eigenvalue weighted by molar-refractivity contribution is 0.269. The van der Waals surface area contributed by atoms with Crippen LogP contribution in [-0.4, -0.2) is 31.6 Å². The minimum absolute atomic E-state index is 0.291. The van der Waals surface area contributed by atoms with E-state index in [0.717, 1.165) is 30.9 Å². The van der Waals surface area contributed by atoms with Crippen molar-refractivity contribution >= 4 is 5.69 Å². The van der Waals surface area contributed by atoms with Crippen molar-refractivity contribution in [1.82, 2.24) is 4.90 Å². The Kier molecular flexibility index (Phi) is 3.89. The second kappa shape index (κ2) is 5.99. The van der Waals surface area contributed by atoms with Crippen LogP contribution in [0.4, 0.5) is 5.69 Å². The molecule has 2 aromatic rings. The molecule has 1 saturated heterocycles. The van der Waals surface area contributed by atoms with Gasteiger partial charge in [0.1, 0.15) is 6.07 Å². The molecule has 0 radical (unpaired) electrons. The Morgan fingerprint density at radius 1 is 1.00 bits per heavy atom. The molecule has 0 saturated carbocycles. The molecule has 3 heteroatoms. The number of anilines is 1. The number of nitriles is 1. The maximum Gasteiger partial charge on any atom is 0.101 e. The van der Waals surface area contributed by atoms with Gasteiger partial charge in [0.2, 0.25) is 0 Å². The first-order chi connectivity index (χ1) is 10.3. The predicted molar refractivity (Wildman–Crippen MR) is 85.2 cm³/mol. The van der Waals surface area contributed by atoms with Gasteiger partial charge in [0.15, 0.2) is 0 Å². The predicted octanol–water partition coefficient (Wildman–Crippen LogP) is 3.05. The van der Waals surface area contributed by atoms with Crippen LogP contribution >= 0.6 is 0 Å². The Labute approximate surface area is 126 Å². The second-order valence-electron chi connectivity index (χ2n) is 5.51. The van der Waals surface area contributed by atoms with Gasteiger partial charge in [-0.05, 0) is 24.7 Å². The average Bonchev–Trinajstić information content (AvgIpc) is 2.55. The minimum Gasteiger partial charge on any atom is -0.361 e. The molecular weight excluding hydrogens is 258 g/mol. The van der Waals surface area contributed by atoms with Gasteiger partial charge in [-0.2, -0.15) is 5.26 Å². The van der Waals surface area contributed by atoms with Crippen molar-refractivity contribution in [2.45, 2.75) is 6.04 Å². The van der Waals surface area contributed by atoms with Crippen LogP contribution < -0.4 is 4.90 Å². The van der Waals surface area contributed by atoms with Crippen molar-refractivity contribution in [3.8, 4) is 6.07 Å². The average molecular weight is 277 g/mol. The zero-order valence-corrected chi connectivity index (χ0v) is 12.2. The lowest BCUT2D eigenvalue weighted by atomic mass is 10.0. The van der Waals surface area contributed by atoms with E-state index < -0.39 is 0 Å². The molecule has 0 aliphatic carbocycles. The zero-order chi connectivity index (χ0) is 14.7. The van der Waals surface area contributed by atoms with Gasteiger partial charge in [0.05, 0.1) is 17.3 Å². The lowest BCUT2D eigenvalue weighted by Crippen LogP contribution is -2.47. The fourth-order valence-electron chi connectivity index (χ4n) is 2.99. The van der Waals surface area contributed by atoms with Gasteiger partial charge < -0.3 is 9.80 Å². The highest BCUT2D eigenvalue weighted by Gasteiger charge is 2.27. The van der Waals surface area contributed by atoms with E-state index in [2.05, 4.69) is 53.2 Å². The molecule has 3 rings (SSSR count). The Balaban J connectivity index is 2.01. The van der Waals surface area contributed by atoms with Crippen molar-refractivity contribution < 1.29 is 0 Å². The summed E-state index contributed by atoms with van der Waals surface area (Å²) in [5, 5.41) is 9.37. The van der Waals surface area contributed by atoms with Crippen LogP contribution in [0.3, 0.4) is 0 Å². The molecule has 0 aromatic heterocycles. The summed E-state index contributed by atoms with van der Waals surface area (Å²) in [5.74, 6) is 0. The van der Waals surface area contributed by atoms with Crippen LogP contribution in [0.5, 0.6) is 0 Å². The largest absolute Gasteiger partial charge is 0.361 e. The van der Waals surface area contributed by atoms with Crippen LogP contribution in [0.15, 0.2) is 54.6 Å². The third kappa shape index (κ3) is 2.76. The lowest BCUT2D eigenvalue weighted by Gasteiger charge is -2.42. The van der Waals surface area contributed by atoms with E-state index in [1.165, 1.54) is 5.56 Å². The van der Waals surface area contributed by atoms with Crippen LogP contribution in [-0.2, 0) is 0 Å². The molecule has 21 heavy (non-hydrogen) atoms. The smallest absolute Gasteiger partial charge is 0.101 e. The maximum absolute atomic E-state index is 9.37. The Morgan fingerprint density at radius 2 is 1.71 bits per heavy atom. The van der Waals surface area contributed by atoms with E-state index in [1.807, 2.05) is 24.3 Å². The zero-order valence-electron chi connectivity index (χ0n) is 12.2. The third-order valence-corrected chi connectivity index (χ3v) is 4.10. The fourth-order valence-corrected chi connectivity index (χ4v) is 2.99. The van der Waals surface area contributed by atoms with Gasteiger partial charge >= 0.3 is 0 Å². The second-order valence-corrected chi connectivity index (χ2v) is 5.51. The van der Waals surface area contributed by atoms with Gasteiger partial charge in [0.25, 0.3) is 0 Å². The monoisotopic (exact) mass is 277 g/mol.